The van der Waals surface area contributed by atoms with Crippen LogP contribution in [0, 0.1) is 31.1 Å². The molecule has 2 N–H and O–H groups in total. The standard InChI is InChI=1S/C34H37N5O2/c1-23(2)31(38(20-8-19-35)33(40)29-15-11-24(3)12-16-29)32-37-25(4)30(28-17-13-26(21-36)14-18-28)34(41)39(32)22-27-9-6-5-7-10-27/h5-7,9-18,23,31H,8,19-20,22,35H2,1-4H3. The summed E-state index contributed by atoms with van der Waals surface area (Å²) >= 11 is 0. The van der Waals surface area contributed by atoms with Gasteiger partial charge in [0.2, 0.25) is 0 Å². The van der Waals surface area contributed by atoms with Crippen molar-refractivity contribution in [2.75, 3.05) is 13.1 Å². The molecule has 7 nitrogen and oxygen atoms in total. The van der Waals surface area contributed by atoms with Crippen molar-refractivity contribution >= 4 is 5.91 Å². The fraction of sp³-hybridized carbons (Fsp3) is 0.294. The summed E-state index contributed by atoms with van der Waals surface area (Å²) in [5, 5.41) is 9.25. The molecular formula is C34H37N5O2. The fourth-order valence-electron chi connectivity index (χ4n) is 5.16. The molecule has 0 spiro atoms. The smallest absolute Gasteiger partial charge is 0.262 e. The molecule has 1 amide bonds. The van der Waals surface area contributed by atoms with Crippen molar-refractivity contribution in [1.82, 2.24) is 14.5 Å². The molecule has 41 heavy (non-hydrogen) atoms. The predicted molar refractivity (Wildman–Crippen MR) is 162 cm³/mol. The normalized spacial score (nSPS) is 11.7. The molecule has 0 radical (unpaired) electrons. The van der Waals surface area contributed by atoms with E-state index in [1.807, 2.05) is 87.2 Å². The molecule has 7 heteroatoms. The van der Waals surface area contributed by atoms with E-state index in [9.17, 15) is 14.9 Å². The Morgan fingerprint density at radius 2 is 1.66 bits per heavy atom. The number of carbonyl (C=O) groups is 1. The lowest BCUT2D eigenvalue weighted by Crippen LogP contribution is -2.42. The first-order valence-corrected chi connectivity index (χ1v) is 14.0. The number of aryl methyl sites for hydroxylation is 2. The summed E-state index contributed by atoms with van der Waals surface area (Å²) < 4.78 is 1.71. The lowest BCUT2D eigenvalue weighted by molar-refractivity contribution is 0.0602. The maximum absolute atomic E-state index is 14.3. The van der Waals surface area contributed by atoms with Crippen molar-refractivity contribution in [1.29, 1.82) is 5.26 Å². The van der Waals surface area contributed by atoms with E-state index in [-0.39, 0.29) is 17.4 Å². The van der Waals surface area contributed by atoms with Crippen LogP contribution in [0.4, 0.5) is 0 Å². The van der Waals surface area contributed by atoms with Gasteiger partial charge in [-0.2, -0.15) is 5.26 Å². The summed E-state index contributed by atoms with van der Waals surface area (Å²) in [4.78, 5) is 35.2. The summed E-state index contributed by atoms with van der Waals surface area (Å²) in [6.07, 6.45) is 0.617. The zero-order chi connectivity index (χ0) is 29.5. The number of hydrogen-bond donors (Lipinski definition) is 1. The summed E-state index contributed by atoms with van der Waals surface area (Å²) in [7, 11) is 0. The molecule has 0 fully saturated rings. The van der Waals surface area contributed by atoms with Crippen LogP contribution in [0.1, 0.15) is 64.9 Å². The molecule has 0 bridgehead atoms. The van der Waals surface area contributed by atoms with E-state index in [1.54, 1.807) is 28.8 Å². The quantitative estimate of drug-likeness (QED) is 0.277. The Bertz CT molecular complexity index is 1580. The Kier molecular flexibility index (Phi) is 9.49. The Morgan fingerprint density at radius 3 is 2.24 bits per heavy atom. The van der Waals surface area contributed by atoms with Crippen molar-refractivity contribution in [2.45, 2.75) is 46.7 Å². The van der Waals surface area contributed by atoms with Crippen LogP contribution in [0.25, 0.3) is 11.1 Å². The molecule has 0 aliphatic heterocycles. The second-order valence-corrected chi connectivity index (χ2v) is 10.7. The predicted octanol–water partition coefficient (Wildman–Crippen LogP) is 5.64. The number of rotatable bonds is 10. The van der Waals surface area contributed by atoms with Crippen molar-refractivity contribution in [2.24, 2.45) is 11.7 Å². The van der Waals surface area contributed by atoms with Gasteiger partial charge >= 0.3 is 0 Å². The Morgan fingerprint density at radius 1 is 1.00 bits per heavy atom. The van der Waals surface area contributed by atoms with Gasteiger partial charge in [-0.15, -0.1) is 0 Å². The first kappa shape index (κ1) is 29.4. The van der Waals surface area contributed by atoms with Crippen LogP contribution in [-0.2, 0) is 6.54 Å². The van der Waals surface area contributed by atoms with Gasteiger partial charge in [-0.25, -0.2) is 4.98 Å². The van der Waals surface area contributed by atoms with Crippen LogP contribution in [0.2, 0.25) is 0 Å². The molecule has 3 aromatic carbocycles. The van der Waals surface area contributed by atoms with E-state index in [4.69, 9.17) is 10.7 Å². The summed E-state index contributed by atoms with van der Waals surface area (Å²) in [6.45, 7) is 9.08. The molecule has 0 aliphatic carbocycles. The molecule has 4 rings (SSSR count). The highest BCUT2D eigenvalue weighted by molar-refractivity contribution is 5.94. The van der Waals surface area contributed by atoms with Crippen LogP contribution < -0.4 is 11.3 Å². The topological polar surface area (TPSA) is 105 Å². The molecule has 1 unspecified atom stereocenters. The number of benzene rings is 3. The second kappa shape index (κ2) is 13.2. The molecule has 4 aromatic rings. The zero-order valence-electron chi connectivity index (χ0n) is 24.2. The molecular weight excluding hydrogens is 510 g/mol. The molecule has 0 aliphatic rings. The van der Waals surface area contributed by atoms with Crippen LogP contribution in [-0.4, -0.2) is 33.4 Å². The minimum atomic E-state index is -0.472. The molecule has 1 heterocycles. The SMILES string of the molecule is Cc1ccc(C(=O)N(CCCN)C(c2nc(C)c(-c3ccc(C#N)cc3)c(=O)n2Cc2ccccc2)C(C)C)cc1. The van der Waals surface area contributed by atoms with Crippen LogP contribution in [0.15, 0.2) is 83.7 Å². The number of nitrogens with zero attached hydrogens (tertiary/aromatic N) is 4. The first-order valence-electron chi connectivity index (χ1n) is 14.0. The summed E-state index contributed by atoms with van der Waals surface area (Å²) in [5.41, 5.74) is 10.6. The highest BCUT2D eigenvalue weighted by Gasteiger charge is 2.33. The molecule has 210 valence electrons. The van der Waals surface area contributed by atoms with Crippen LogP contribution in [0.3, 0.4) is 0 Å². The van der Waals surface area contributed by atoms with Gasteiger partial charge in [0.05, 0.1) is 35.5 Å². The number of amides is 1. The number of hydrogen-bond acceptors (Lipinski definition) is 5. The van der Waals surface area contributed by atoms with Gasteiger partial charge in [-0.05, 0) is 68.1 Å². The summed E-state index contributed by atoms with van der Waals surface area (Å²) in [6, 6.07) is 25.9. The van der Waals surface area contributed by atoms with E-state index in [0.29, 0.717) is 59.8 Å². The number of nitriles is 1. The molecule has 1 aromatic heterocycles. The van der Waals surface area contributed by atoms with E-state index in [0.717, 1.165) is 11.1 Å². The maximum atomic E-state index is 14.3. The average molecular weight is 548 g/mol. The van der Waals surface area contributed by atoms with Gasteiger partial charge in [0.25, 0.3) is 11.5 Å². The molecule has 0 saturated carbocycles. The van der Waals surface area contributed by atoms with Crippen LogP contribution >= 0.6 is 0 Å². The van der Waals surface area contributed by atoms with Crippen LogP contribution in [0.5, 0.6) is 0 Å². The highest BCUT2D eigenvalue weighted by atomic mass is 16.2. The largest absolute Gasteiger partial charge is 0.330 e. The monoisotopic (exact) mass is 547 g/mol. The third-order valence-corrected chi connectivity index (χ3v) is 7.26. The summed E-state index contributed by atoms with van der Waals surface area (Å²) in [5.74, 6) is 0.379. The van der Waals surface area contributed by atoms with Gasteiger partial charge in [-0.1, -0.05) is 74.0 Å². The minimum absolute atomic E-state index is 0.0451. The fourth-order valence-corrected chi connectivity index (χ4v) is 5.16. The van der Waals surface area contributed by atoms with E-state index >= 15 is 0 Å². The Hall–Kier alpha value is -4.54. The molecule has 1 atom stereocenters. The van der Waals surface area contributed by atoms with E-state index in [2.05, 4.69) is 6.07 Å². The van der Waals surface area contributed by atoms with Gasteiger partial charge in [0.15, 0.2) is 0 Å². The first-order chi connectivity index (χ1) is 19.7. The van der Waals surface area contributed by atoms with Gasteiger partial charge in [-0.3, -0.25) is 14.2 Å². The highest BCUT2D eigenvalue weighted by Crippen LogP contribution is 2.31. The van der Waals surface area contributed by atoms with E-state index < -0.39 is 6.04 Å². The molecule has 0 saturated heterocycles. The van der Waals surface area contributed by atoms with Crippen molar-refractivity contribution in [3.05, 3.63) is 123 Å². The van der Waals surface area contributed by atoms with E-state index in [1.165, 1.54) is 0 Å². The van der Waals surface area contributed by atoms with Gasteiger partial charge in [0, 0.05) is 12.1 Å². The zero-order valence-corrected chi connectivity index (χ0v) is 24.2. The van der Waals surface area contributed by atoms with Gasteiger partial charge in [0.1, 0.15) is 5.82 Å². The van der Waals surface area contributed by atoms with Crippen molar-refractivity contribution in [3.8, 4) is 17.2 Å². The minimum Gasteiger partial charge on any atom is -0.330 e. The Balaban J connectivity index is 1.93. The lowest BCUT2D eigenvalue weighted by Gasteiger charge is -2.36. The maximum Gasteiger partial charge on any atom is 0.262 e. The average Bonchev–Trinajstić information content (AvgIpc) is 2.97. The van der Waals surface area contributed by atoms with Crippen molar-refractivity contribution < 1.29 is 4.79 Å². The third kappa shape index (κ3) is 6.62. The number of nitrogens with two attached hydrogens (primary N) is 1. The van der Waals surface area contributed by atoms with Gasteiger partial charge < -0.3 is 10.6 Å². The number of aromatic nitrogens is 2. The lowest BCUT2D eigenvalue weighted by atomic mass is 9.97. The third-order valence-electron chi connectivity index (χ3n) is 7.26. The Labute approximate surface area is 241 Å². The van der Waals surface area contributed by atoms with Crippen molar-refractivity contribution in [3.63, 3.8) is 0 Å². The number of carbonyl (C=O) groups excluding carboxylic acids is 1. The second-order valence-electron chi connectivity index (χ2n) is 10.7.